The maximum Gasteiger partial charge on any atom is 0.254 e. The maximum atomic E-state index is 13.4. The molecule has 5 nitrogen and oxygen atoms in total. The molecule has 0 bridgehead atoms. The minimum absolute atomic E-state index is 0.173. The number of aromatic amines is 1. The Morgan fingerprint density at radius 2 is 1.81 bits per heavy atom. The van der Waals surface area contributed by atoms with Crippen molar-refractivity contribution in [2.75, 3.05) is 31.1 Å². The van der Waals surface area contributed by atoms with Gasteiger partial charge in [-0.3, -0.25) is 4.79 Å². The normalized spacial score (nSPS) is 14.9. The number of benzene rings is 2. The van der Waals surface area contributed by atoms with Crippen molar-refractivity contribution < 1.29 is 13.6 Å². The number of imidazole rings is 1. The number of hydrogen-bond acceptors (Lipinski definition) is 3. The number of H-pyrrole nitrogens is 1. The van der Waals surface area contributed by atoms with Crippen LogP contribution in [0.4, 0.5) is 14.5 Å². The highest BCUT2D eigenvalue weighted by molar-refractivity contribution is 5.94. The average Bonchev–Trinajstić information content (AvgIpc) is 3.02. The first-order chi connectivity index (χ1) is 12.5. The van der Waals surface area contributed by atoms with E-state index in [9.17, 15) is 13.6 Å². The van der Waals surface area contributed by atoms with Gasteiger partial charge in [-0.1, -0.05) is 0 Å². The quantitative estimate of drug-likeness (QED) is 0.768. The van der Waals surface area contributed by atoms with Crippen molar-refractivity contribution in [2.45, 2.75) is 6.92 Å². The van der Waals surface area contributed by atoms with E-state index < -0.39 is 11.6 Å². The molecule has 2 aromatic carbocycles. The summed E-state index contributed by atoms with van der Waals surface area (Å²) >= 11 is 0. The molecule has 1 fully saturated rings. The van der Waals surface area contributed by atoms with E-state index in [0.717, 1.165) is 34.7 Å². The predicted molar refractivity (Wildman–Crippen MR) is 95.3 cm³/mol. The van der Waals surface area contributed by atoms with Crippen LogP contribution in [0.5, 0.6) is 0 Å². The molecule has 1 aliphatic rings. The molecule has 0 radical (unpaired) electrons. The van der Waals surface area contributed by atoms with Crippen molar-refractivity contribution in [3.05, 3.63) is 59.4 Å². The highest BCUT2D eigenvalue weighted by Crippen LogP contribution is 2.22. The van der Waals surface area contributed by atoms with E-state index in [2.05, 4.69) is 20.9 Å². The first kappa shape index (κ1) is 16.5. The molecule has 0 spiro atoms. The van der Waals surface area contributed by atoms with E-state index in [1.807, 2.05) is 19.1 Å². The van der Waals surface area contributed by atoms with Crippen molar-refractivity contribution in [3.8, 4) is 0 Å². The third-order valence-electron chi connectivity index (χ3n) is 4.68. The first-order valence-electron chi connectivity index (χ1n) is 8.47. The smallest absolute Gasteiger partial charge is 0.254 e. The lowest BCUT2D eigenvalue weighted by molar-refractivity contribution is 0.0746. The zero-order valence-corrected chi connectivity index (χ0v) is 14.3. The minimum Gasteiger partial charge on any atom is -0.368 e. The molecule has 0 aliphatic carbocycles. The molecule has 1 saturated heterocycles. The molecule has 1 aromatic heterocycles. The molecule has 26 heavy (non-hydrogen) atoms. The van der Waals surface area contributed by atoms with Crippen molar-refractivity contribution >= 4 is 22.6 Å². The van der Waals surface area contributed by atoms with Crippen LogP contribution < -0.4 is 4.90 Å². The number of halogens is 2. The molecule has 0 saturated carbocycles. The van der Waals surface area contributed by atoms with Gasteiger partial charge in [0.2, 0.25) is 0 Å². The number of anilines is 1. The Bertz CT molecular complexity index is 977. The average molecular weight is 356 g/mol. The van der Waals surface area contributed by atoms with Crippen LogP contribution in [-0.4, -0.2) is 47.0 Å². The SMILES string of the molecule is Cc1nc2ccc(N3CCN(C(=O)c4ccc(F)c(F)c4)CC3)cc2[nH]1. The van der Waals surface area contributed by atoms with Crippen molar-refractivity contribution in [2.24, 2.45) is 0 Å². The standard InChI is InChI=1S/C19H18F2N4O/c1-12-22-17-5-3-14(11-18(17)23-12)24-6-8-25(9-7-24)19(26)13-2-4-15(20)16(21)10-13/h2-5,10-11H,6-9H2,1H3,(H,22,23). The van der Waals surface area contributed by atoms with Crippen LogP contribution in [0.2, 0.25) is 0 Å². The fourth-order valence-corrected chi connectivity index (χ4v) is 3.30. The molecule has 0 unspecified atom stereocenters. The van der Waals surface area contributed by atoms with Gasteiger partial charge in [-0.15, -0.1) is 0 Å². The van der Waals surface area contributed by atoms with Gasteiger partial charge in [-0.2, -0.15) is 0 Å². The third kappa shape index (κ3) is 3.00. The molecule has 4 rings (SSSR count). The molecular weight excluding hydrogens is 338 g/mol. The number of rotatable bonds is 2. The van der Waals surface area contributed by atoms with Gasteiger partial charge >= 0.3 is 0 Å². The Hall–Kier alpha value is -2.96. The molecule has 1 aliphatic heterocycles. The predicted octanol–water partition coefficient (Wildman–Crippen LogP) is 3.11. The van der Waals surface area contributed by atoms with Crippen molar-refractivity contribution in [1.82, 2.24) is 14.9 Å². The molecule has 0 atom stereocenters. The lowest BCUT2D eigenvalue weighted by atomic mass is 10.1. The lowest BCUT2D eigenvalue weighted by Gasteiger charge is -2.36. The Labute approximate surface area is 149 Å². The maximum absolute atomic E-state index is 13.4. The summed E-state index contributed by atoms with van der Waals surface area (Å²) in [7, 11) is 0. The van der Waals surface area contributed by atoms with Gasteiger partial charge in [0, 0.05) is 37.4 Å². The number of amides is 1. The van der Waals surface area contributed by atoms with Gasteiger partial charge in [-0.05, 0) is 43.3 Å². The van der Waals surface area contributed by atoms with Gasteiger partial charge in [0.25, 0.3) is 5.91 Å². The number of nitrogens with zero attached hydrogens (tertiary/aromatic N) is 3. The highest BCUT2D eigenvalue weighted by atomic mass is 19.2. The number of carbonyl (C=O) groups is 1. The molecule has 134 valence electrons. The molecule has 7 heteroatoms. The number of carbonyl (C=O) groups excluding carboxylic acids is 1. The molecular formula is C19H18F2N4O. The summed E-state index contributed by atoms with van der Waals surface area (Å²) in [5.41, 5.74) is 3.16. The number of fused-ring (bicyclic) bond motifs is 1. The zero-order chi connectivity index (χ0) is 18.3. The summed E-state index contributed by atoms with van der Waals surface area (Å²) in [5, 5.41) is 0. The molecule has 2 heterocycles. The van der Waals surface area contributed by atoms with E-state index in [1.54, 1.807) is 4.90 Å². The second kappa shape index (κ2) is 6.40. The highest BCUT2D eigenvalue weighted by Gasteiger charge is 2.23. The van der Waals surface area contributed by atoms with Crippen LogP contribution in [0.1, 0.15) is 16.2 Å². The fourth-order valence-electron chi connectivity index (χ4n) is 3.30. The van der Waals surface area contributed by atoms with E-state index in [1.165, 1.54) is 6.07 Å². The summed E-state index contributed by atoms with van der Waals surface area (Å²) in [5.74, 6) is -1.35. The number of aromatic nitrogens is 2. The number of piperazine rings is 1. The second-order valence-corrected chi connectivity index (χ2v) is 6.43. The largest absolute Gasteiger partial charge is 0.368 e. The Morgan fingerprint density at radius 3 is 2.54 bits per heavy atom. The van der Waals surface area contributed by atoms with Gasteiger partial charge < -0.3 is 14.8 Å². The zero-order valence-electron chi connectivity index (χ0n) is 14.3. The minimum atomic E-state index is -1.00. The van der Waals surface area contributed by atoms with Crippen LogP contribution in [0.15, 0.2) is 36.4 Å². The van der Waals surface area contributed by atoms with Crippen LogP contribution in [0, 0.1) is 18.6 Å². The second-order valence-electron chi connectivity index (χ2n) is 6.43. The van der Waals surface area contributed by atoms with Gasteiger partial charge in [0.15, 0.2) is 11.6 Å². The summed E-state index contributed by atoms with van der Waals surface area (Å²) in [6.45, 7) is 4.32. The summed E-state index contributed by atoms with van der Waals surface area (Å²) in [4.78, 5) is 24.0. The Kier molecular flexibility index (Phi) is 4.06. The van der Waals surface area contributed by atoms with Crippen LogP contribution in [0.25, 0.3) is 11.0 Å². The summed E-state index contributed by atoms with van der Waals surface area (Å²) < 4.78 is 26.4. The van der Waals surface area contributed by atoms with Crippen LogP contribution in [0.3, 0.4) is 0 Å². The number of hydrogen-bond donors (Lipinski definition) is 1. The molecule has 1 N–H and O–H groups in total. The lowest BCUT2D eigenvalue weighted by Crippen LogP contribution is -2.48. The van der Waals surface area contributed by atoms with Crippen LogP contribution in [-0.2, 0) is 0 Å². The van der Waals surface area contributed by atoms with E-state index in [0.29, 0.717) is 26.2 Å². The topological polar surface area (TPSA) is 52.2 Å². The molecule has 3 aromatic rings. The van der Waals surface area contributed by atoms with E-state index in [4.69, 9.17) is 0 Å². The van der Waals surface area contributed by atoms with Crippen molar-refractivity contribution in [1.29, 1.82) is 0 Å². The van der Waals surface area contributed by atoms with Gasteiger partial charge in [0.05, 0.1) is 11.0 Å². The summed E-state index contributed by atoms with van der Waals surface area (Å²) in [6, 6.07) is 9.32. The Balaban J connectivity index is 1.45. The van der Waals surface area contributed by atoms with Gasteiger partial charge in [0.1, 0.15) is 5.82 Å². The Morgan fingerprint density at radius 1 is 1.04 bits per heavy atom. The first-order valence-corrected chi connectivity index (χ1v) is 8.47. The van der Waals surface area contributed by atoms with E-state index in [-0.39, 0.29) is 11.5 Å². The summed E-state index contributed by atoms with van der Waals surface area (Å²) in [6.07, 6.45) is 0. The van der Waals surface area contributed by atoms with E-state index >= 15 is 0 Å². The fraction of sp³-hybridized carbons (Fsp3) is 0.263. The van der Waals surface area contributed by atoms with Gasteiger partial charge in [-0.25, -0.2) is 13.8 Å². The monoisotopic (exact) mass is 356 g/mol. The number of aryl methyl sites for hydroxylation is 1. The van der Waals surface area contributed by atoms with Crippen LogP contribution >= 0.6 is 0 Å². The molecule has 1 amide bonds. The van der Waals surface area contributed by atoms with Crippen molar-refractivity contribution in [3.63, 3.8) is 0 Å². The third-order valence-corrected chi connectivity index (χ3v) is 4.68. The number of nitrogens with one attached hydrogen (secondary N) is 1.